The Morgan fingerprint density at radius 2 is 2.06 bits per heavy atom. The second-order valence-corrected chi connectivity index (χ2v) is 3.58. The Labute approximate surface area is 90.4 Å². The molecule has 0 unspecified atom stereocenters. The Morgan fingerprint density at radius 1 is 1.31 bits per heavy atom. The maximum atomic E-state index is 11.4. The quantitative estimate of drug-likeness (QED) is 0.723. The smallest absolute Gasteiger partial charge is 0.280 e. The van der Waals surface area contributed by atoms with E-state index in [0.29, 0.717) is 5.56 Å². The van der Waals surface area contributed by atoms with E-state index in [1.165, 1.54) is 15.4 Å². The molecule has 0 aliphatic carbocycles. The Bertz CT molecular complexity index is 621. The van der Waals surface area contributed by atoms with Crippen molar-refractivity contribution in [2.45, 2.75) is 20.5 Å². The van der Waals surface area contributed by atoms with Crippen LogP contribution in [0.4, 0.5) is 0 Å². The van der Waals surface area contributed by atoms with Crippen LogP contribution in [0.25, 0.3) is 0 Å². The first-order valence-electron chi connectivity index (χ1n) is 4.73. The molecule has 1 N–H and O–H groups in total. The van der Waals surface area contributed by atoms with Crippen LogP contribution in [-0.2, 0) is 6.67 Å². The van der Waals surface area contributed by atoms with E-state index < -0.39 is 5.69 Å². The highest BCUT2D eigenvalue weighted by atomic mass is 16.2. The number of aromatic amines is 1. The van der Waals surface area contributed by atoms with Crippen LogP contribution >= 0.6 is 0 Å². The van der Waals surface area contributed by atoms with Crippen LogP contribution in [0, 0.1) is 13.8 Å². The van der Waals surface area contributed by atoms with Crippen molar-refractivity contribution in [1.82, 2.24) is 24.5 Å². The van der Waals surface area contributed by atoms with E-state index >= 15 is 0 Å². The zero-order valence-corrected chi connectivity index (χ0v) is 8.97. The molecular formula is C9H11N5O2. The predicted octanol–water partition coefficient (Wildman–Crippen LogP) is -0.749. The third kappa shape index (κ3) is 1.92. The minimum Gasteiger partial charge on any atom is -0.280 e. The second-order valence-electron chi connectivity index (χ2n) is 3.58. The number of nitrogens with zero attached hydrogens (tertiary/aromatic N) is 4. The van der Waals surface area contributed by atoms with E-state index in [1.807, 2.05) is 6.92 Å². The minimum atomic E-state index is -0.455. The Kier molecular flexibility index (Phi) is 2.43. The van der Waals surface area contributed by atoms with Crippen LogP contribution in [0.1, 0.15) is 11.3 Å². The van der Waals surface area contributed by atoms with Crippen molar-refractivity contribution in [3.8, 4) is 0 Å². The summed E-state index contributed by atoms with van der Waals surface area (Å²) in [5.74, 6) is 0. The van der Waals surface area contributed by atoms with Crippen LogP contribution in [0.5, 0.6) is 0 Å². The van der Waals surface area contributed by atoms with Gasteiger partial charge in [-0.3, -0.25) is 14.3 Å². The lowest BCUT2D eigenvalue weighted by atomic mass is 10.4. The molecule has 2 aromatic heterocycles. The predicted molar refractivity (Wildman–Crippen MR) is 56.2 cm³/mol. The third-order valence-electron chi connectivity index (χ3n) is 2.14. The maximum absolute atomic E-state index is 11.4. The molecule has 2 aromatic rings. The summed E-state index contributed by atoms with van der Waals surface area (Å²) in [5, 5.41) is 7.63. The number of rotatable bonds is 2. The zero-order chi connectivity index (χ0) is 11.7. The summed E-state index contributed by atoms with van der Waals surface area (Å²) in [4.78, 5) is 24.8. The van der Waals surface area contributed by atoms with E-state index in [1.54, 1.807) is 13.1 Å². The average molecular weight is 221 g/mol. The van der Waals surface area contributed by atoms with Crippen molar-refractivity contribution in [2.75, 3.05) is 0 Å². The summed E-state index contributed by atoms with van der Waals surface area (Å²) in [6, 6.07) is 0. The normalized spacial score (nSPS) is 10.6. The summed E-state index contributed by atoms with van der Waals surface area (Å²) in [6.45, 7) is 3.68. The lowest BCUT2D eigenvalue weighted by Crippen LogP contribution is -2.32. The minimum absolute atomic E-state index is 0.233. The van der Waals surface area contributed by atoms with Gasteiger partial charge in [-0.25, -0.2) is 9.48 Å². The number of hydrogen-bond acceptors (Lipinski definition) is 4. The van der Waals surface area contributed by atoms with Crippen molar-refractivity contribution < 1.29 is 0 Å². The van der Waals surface area contributed by atoms with Crippen molar-refractivity contribution in [3.05, 3.63) is 44.5 Å². The van der Waals surface area contributed by atoms with Crippen LogP contribution < -0.4 is 11.2 Å². The van der Waals surface area contributed by atoms with E-state index in [2.05, 4.69) is 15.3 Å². The highest BCUT2D eigenvalue weighted by molar-refractivity contribution is 5.00. The van der Waals surface area contributed by atoms with Crippen molar-refractivity contribution >= 4 is 0 Å². The highest BCUT2D eigenvalue weighted by Gasteiger charge is 2.02. The molecule has 0 saturated carbocycles. The molecule has 0 radical (unpaired) electrons. The zero-order valence-electron chi connectivity index (χ0n) is 8.97. The molecule has 7 nitrogen and oxygen atoms in total. The SMILES string of the molecule is Cc1cn(Cn2cc(C)c(=O)[nH]c2=O)nn1. The molecule has 0 bridgehead atoms. The van der Waals surface area contributed by atoms with Crippen molar-refractivity contribution in [1.29, 1.82) is 0 Å². The van der Waals surface area contributed by atoms with Gasteiger partial charge in [0.1, 0.15) is 6.67 Å². The molecule has 0 spiro atoms. The van der Waals surface area contributed by atoms with Gasteiger partial charge in [-0.15, -0.1) is 5.10 Å². The molecule has 0 aliphatic rings. The van der Waals surface area contributed by atoms with Crippen LogP contribution in [0.2, 0.25) is 0 Å². The van der Waals surface area contributed by atoms with Gasteiger partial charge in [-0.2, -0.15) is 0 Å². The number of hydrogen-bond donors (Lipinski definition) is 1. The summed E-state index contributed by atoms with van der Waals surface area (Å²) >= 11 is 0. The Hall–Kier alpha value is -2.18. The molecule has 0 saturated heterocycles. The van der Waals surface area contributed by atoms with Gasteiger partial charge in [0.25, 0.3) is 5.56 Å². The topological polar surface area (TPSA) is 85.6 Å². The van der Waals surface area contributed by atoms with Gasteiger partial charge >= 0.3 is 5.69 Å². The van der Waals surface area contributed by atoms with Crippen LogP contribution in [-0.4, -0.2) is 24.5 Å². The number of aromatic nitrogens is 5. The van der Waals surface area contributed by atoms with Gasteiger partial charge < -0.3 is 0 Å². The van der Waals surface area contributed by atoms with Crippen LogP contribution in [0.3, 0.4) is 0 Å². The molecule has 7 heteroatoms. The fraction of sp³-hybridized carbons (Fsp3) is 0.333. The molecule has 0 amide bonds. The highest BCUT2D eigenvalue weighted by Crippen LogP contribution is 1.90. The summed E-state index contributed by atoms with van der Waals surface area (Å²) in [7, 11) is 0. The van der Waals surface area contributed by atoms with Gasteiger partial charge in [-0.05, 0) is 13.8 Å². The van der Waals surface area contributed by atoms with Gasteiger partial charge in [0, 0.05) is 11.8 Å². The molecule has 0 fully saturated rings. The molecule has 2 rings (SSSR count). The summed E-state index contributed by atoms with van der Waals surface area (Å²) in [5.41, 5.74) is 0.436. The first-order chi connectivity index (χ1) is 7.56. The lowest BCUT2D eigenvalue weighted by Gasteiger charge is -2.04. The van der Waals surface area contributed by atoms with E-state index in [0.717, 1.165) is 5.69 Å². The van der Waals surface area contributed by atoms with Gasteiger partial charge in [0.15, 0.2) is 0 Å². The molecule has 2 heterocycles. The monoisotopic (exact) mass is 221 g/mol. The number of nitrogens with one attached hydrogen (secondary N) is 1. The van der Waals surface area contributed by atoms with E-state index in [4.69, 9.17) is 0 Å². The molecule has 84 valence electrons. The Morgan fingerprint density at radius 3 is 2.69 bits per heavy atom. The van der Waals surface area contributed by atoms with Crippen LogP contribution in [0.15, 0.2) is 22.0 Å². The fourth-order valence-electron chi connectivity index (χ4n) is 1.34. The second kappa shape index (κ2) is 3.76. The molecule has 0 atom stereocenters. The van der Waals surface area contributed by atoms with Gasteiger partial charge in [0.2, 0.25) is 0 Å². The Balaban J connectivity index is 2.39. The number of aryl methyl sites for hydroxylation is 2. The standard InChI is InChI=1S/C9H11N5O2/c1-6-3-13(9(16)10-8(6)15)5-14-4-7(2)11-12-14/h3-4H,5H2,1-2H3,(H,10,15,16). The first-order valence-corrected chi connectivity index (χ1v) is 4.73. The van der Waals surface area contributed by atoms with Gasteiger partial charge in [-0.1, -0.05) is 5.21 Å². The maximum Gasteiger partial charge on any atom is 0.329 e. The molecule has 0 aliphatic heterocycles. The fourth-order valence-corrected chi connectivity index (χ4v) is 1.34. The molecule has 0 aromatic carbocycles. The average Bonchev–Trinajstić information content (AvgIpc) is 2.60. The van der Waals surface area contributed by atoms with Crippen molar-refractivity contribution in [2.24, 2.45) is 0 Å². The first kappa shape index (κ1) is 10.3. The van der Waals surface area contributed by atoms with E-state index in [9.17, 15) is 9.59 Å². The summed E-state index contributed by atoms with van der Waals surface area (Å²) in [6.07, 6.45) is 3.21. The molecule has 16 heavy (non-hydrogen) atoms. The van der Waals surface area contributed by atoms with E-state index in [-0.39, 0.29) is 12.2 Å². The third-order valence-corrected chi connectivity index (χ3v) is 2.14. The molecular weight excluding hydrogens is 210 g/mol. The lowest BCUT2D eigenvalue weighted by molar-refractivity contribution is 0.507. The number of H-pyrrole nitrogens is 1. The van der Waals surface area contributed by atoms with Crippen molar-refractivity contribution in [3.63, 3.8) is 0 Å². The van der Waals surface area contributed by atoms with Gasteiger partial charge in [0.05, 0.1) is 11.9 Å². The largest absolute Gasteiger partial charge is 0.329 e. The summed E-state index contributed by atoms with van der Waals surface area (Å²) < 4.78 is 2.89.